The van der Waals surface area contributed by atoms with Gasteiger partial charge in [-0.15, -0.1) is 0 Å². The number of para-hydroxylation sites is 1. The number of nitrogens with zero attached hydrogens (tertiary/aromatic N) is 1. The van der Waals surface area contributed by atoms with E-state index in [4.69, 9.17) is 5.73 Å². The van der Waals surface area contributed by atoms with Gasteiger partial charge in [0, 0.05) is 18.3 Å². The zero-order valence-electron chi connectivity index (χ0n) is 11.8. The highest BCUT2D eigenvalue weighted by Crippen LogP contribution is 2.17. The number of piperidine rings is 1. The molecule has 1 heterocycles. The van der Waals surface area contributed by atoms with Crippen LogP contribution in [0.2, 0.25) is 0 Å². The molecule has 2 amide bonds. The minimum atomic E-state index is -0.494. The maximum Gasteiger partial charge on any atom is 0.250 e. The summed E-state index contributed by atoms with van der Waals surface area (Å²) in [6.07, 6.45) is 3.31. The molecule has 1 aromatic carbocycles. The summed E-state index contributed by atoms with van der Waals surface area (Å²) >= 11 is 0. The van der Waals surface area contributed by atoms with Gasteiger partial charge >= 0.3 is 0 Å². The summed E-state index contributed by atoms with van der Waals surface area (Å²) in [5, 5.41) is 3.02. The maximum absolute atomic E-state index is 12.2. The number of hydrogen-bond acceptors (Lipinski definition) is 3. The van der Waals surface area contributed by atoms with E-state index in [2.05, 4.69) is 12.2 Å². The van der Waals surface area contributed by atoms with Gasteiger partial charge in [-0.1, -0.05) is 12.1 Å². The number of rotatable bonds is 4. The first-order valence-electron chi connectivity index (χ1n) is 7.02. The third-order valence-corrected chi connectivity index (χ3v) is 3.75. The molecule has 108 valence electrons. The van der Waals surface area contributed by atoms with Crippen LogP contribution in [0.25, 0.3) is 0 Å². The molecular formula is C15H21N3O2. The van der Waals surface area contributed by atoms with Crippen LogP contribution in [0.1, 0.15) is 36.5 Å². The second-order valence-corrected chi connectivity index (χ2v) is 5.20. The summed E-state index contributed by atoms with van der Waals surface area (Å²) < 4.78 is 0. The number of carbonyl (C=O) groups excluding carboxylic acids is 2. The standard InChI is InChI=1S/C15H21N3O2/c1-11-6-4-5-9-18(11)14(19)10-17-13-8-3-2-7-12(13)15(16)20/h2-3,7-8,11,17H,4-6,9-10H2,1H3,(H2,16,20)/t11-/m1/s1. The first kappa shape index (κ1) is 14.4. The Morgan fingerprint density at radius 2 is 2.10 bits per heavy atom. The van der Waals surface area contributed by atoms with Crippen molar-refractivity contribution in [2.45, 2.75) is 32.2 Å². The number of anilines is 1. The van der Waals surface area contributed by atoms with E-state index in [1.807, 2.05) is 11.0 Å². The number of carbonyl (C=O) groups is 2. The van der Waals surface area contributed by atoms with Crippen molar-refractivity contribution in [2.24, 2.45) is 5.73 Å². The Kier molecular flexibility index (Phi) is 4.61. The Hall–Kier alpha value is -2.04. The monoisotopic (exact) mass is 275 g/mol. The highest BCUT2D eigenvalue weighted by Gasteiger charge is 2.22. The highest BCUT2D eigenvalue weighted by molar-refractivity contribution is 5.99. The summed E-state index contributed by atoms with van der Waals surface area (Å²) in [6, 6.07) is 7.26. The predicted octanol–water partition coefficient (Wildman–Crippen LogP) is 1.60. The van der Waals surface area contributed by atoms with Gasteiger partial charge < -0.3 is 16.0 Å². The van der Waals surface area contributed by atoms with Gasteiger partial charge in [0.05, 0.1) is 12.1 Å². The number of primary amides is 1. The molecule has 0 spiro atoms. The van der Waals surface area contributed by atoms with Crippen LogP contribution in [-0.4, -0.2) is 35.8 Å². The van der Waals surface area contributed by atoms with E-state index in [9.17, 15) is 9.59 Å². The first-order valence-corrected chi connectivity index (χ1v) is 7.02. The molecule has 1 atom stereocenters. The van der Waals surface area contributed by atoms with Crippen LogP contribution in [0, 0.1) is 0 Å². The van der Waals surface area contributed by atoms with Crippen molar-refractivity contribution in [1.29, 1.82) is 0 Å². The number of hydrogen-bond donors (Lipinski definition) is 2. The van der Waals surface area contributed by atoms with Crippen LogP contribution < -0.4 is 11.1 Å². The van der Waals surface area contributed by atoms with Crippen LogP contribution in [0.3, 0.4) is 0 Å². The molecule has 0 radical (unpaired) electrons. The summed E-state index contributed by atoms with van der Waals surface area (Å²) in [5.74, 6) is -0.427. The zero-order chi connectivity index (χ0) is 14.5. The van der Waals surface area contributed by atoms with Gasteiger partial charge in [0.1, 0.15) is 0 Å². The highest BCUT2D eigenvalue weighted by atomic mass is 16.2. The second-order valence-electron chi connectivity index (χ2n) is 5.20. The minimum absolute atomic E-state index is 0.0662. The third kappa shape index (κ3) is 3.29. The number of benzene rings is 1. The van der Waals surface area contributed by atoms with Gasteiger partial charge in [-0.05, 0) is 38.3 Å². The Morgan fingerprint density at radius 1 is 1.35 bits per heavy atom. The number of amides is 2. The normalized spacial score (nSPS) is 18.6. The molecule has 2 rings (SSSR count). The molecule has 0 bridgehead atoms. The van der Waals surface area contributed by atoms with E-state index in [1.54, 1.807) is 18.2 Å². The fourth-order valence-corrected chi connectivity index (χ4v) is 2.59. The van der Waals surface area contributed by atoms with E-state index in [0.717, 1.165) is 19.4 Å². The Labute approximate surface area is 119 Å². The van der Waals surface area contributed by atoms with E-state index < -0.39 is 5.91 Å². The molecule has 5 nitrogen and oxygen atoms in total. The molecule has 1 saturated heterocycles. The van der Waals surface area contributed by atoms with Crippen LogP contribution in [0.4, 0.5) is 5.69 Å². The van der Waals surface area contributed by atoms with Crippen molar-refractivity contribution in [3.05, 3.63) is 29.8 Å². The molecule has 1 aliphatic rings. The van der Waals surface area contributed by atoms with Gasteiger partial charge in [-0.2, -0.15) is 0 Å². The minimum Gasteiger partial charge on any atom is -0.376 e. The smallest absolute Gasteiger partial charge is 0.250 e. The molecule has 0 saturated carbocycles. The largest absolute Gasteiger partial charge is 0.376 e. The average Bonchev–Trinajstić information content (AvgIpc) is 2.45. The number of nitrogens with one attached hydrogen (secondary N) is 1. The molecule has 0 aliphatic carbocycles. The van der Waals surface area contributed by atoms with Crippen LogP contribution >= 0.6 is 0 Å². The summed E-state index contributed by atoms with van der Waals surface area (Å²) in [4.78, 5) is 25.4. The molecule has 1 aromatic rings. The lowest BCUT2D eigenvalue weighted by Crippen LogP contribution is -2.44. The summed E-state index contributed by atoms with van der Waals surface area (Å²) in [6.45, 7) is 3.09. The zero-order valence-corrected chi connectivity index (χ0v) is 11.8. The Bertz CT molecular complexity index is 502. The van der Waals surface area contributed by atoms with Gasteiger partial charge in [0.25, 0.3) is 5.91 Å². The molecule has 0 unspecified atom stereocenters. The molecule has 20 heavy (non-hydrogen) atoms. The lowest BCUT2D eigenvalue weighted by molar-refractivity contribution is -0.132. The molecule has 1 fully saturated rings. The SMILES string of the molecule is C[C@@H]1CCCCN1C(=O)CNc1ccccc1C(N)=O. The van der Waals surface area contributed by atoms with Crippen molar-refractivity contribution >= 4 is 17.5 Å². The fourth-order valence-electron chi connectivity index (χ4n) is 2.59. The van der Waals surface area contributed by atoms with Crippen LogP contribution in [0.5, 0.6) is 0 Å². The van der Waals surface area contributed by atoms with Crippen molar-refractivity contribution < 1.29 is 9.59 Å². The van der Waals surface area contributed by atoms with Gasteiger partial charge in [-0.25, -0.2) is 0 Å². The predicted molar refractivity (Wildman–Crippen MR) is 78.5 cm³/mol. The fraction of sp³-hybridized carbons (Fsp3) is 0.467. The molecule has 1 aliphatic heterocycles. The van der Waals surface area contributed by atoms with Crippen molar-refractivity contribution in [3.8, 4) is 0 Å². The first-order chi connectivity index (χ1) is 9.59. The number of likely N-dealkylation sites (tertiary alicyclic amines) is 1. The molecule has 3 N–H and O–H groups in total. The van der Waals surface area contributed by atoms with Gasteiger partial charge in [0.2, 0.25) is 5.91 Å². The van der Waals surface area contributed by atoms with E-state index >= 15 is 0 Å². The Balaban J connectivity index is 1.98. The van der Waals surface area contributed by atoms with Gasteiger partial charge in [0.15, 0.2) is 0 Å². The van der Waals surface area contributed by atoms with Crippen LogP contribution in [-0.2, 0) is 4.79 Å². The van der Waals surface area contributed by atoms with E-state index in [-0.39, 0.29) is 12.5 Å². The van der Waals surface area contributed by atoms with E-state index in [1.165, 1.54) is 6.42 Å². The van der Waals surface area contributed by atoms with Gasteiger partial charge in [-0.3, -0.25) is 9.59 Å². The lowest BCUT2D eigenvalue weighted by Gasteiger charge is -2.33. The van der Waals surface area contributed by atoms with Crippen LogP contribution in [0.15, 0.2) is 24.3 Å². The number of nitrogens with two attached hydrogens (primary N) is 1. The topological polar surface area (TPSA) is 75.4 Å². The van der Waals surface area contributed by atoms with Crippen molar-refractivity contribution in [2.75, 3.05) is 18.4 Å². The van der Waals surface area contributed by atoms with E-state index in [0.29, 0.717) is 17.3 Å². The maximum atomic E-state index is 12.2. The summed E-state index contributed by atoms with van der Waals surface area (Å²) in [7, 11) is 0. The molecular weight excluding hydrogens is 254 g/mol. The lowest BCUT2D eigenvalue weighted by atomic mass is 10.0. The van der Waals surface area contributed by atoms with Crippen molar-refractivity contribution in [3.63, 3.8) is 0 Å². The average molecular weight is 275 g/mol. The summed E-state index contributed by atoms with van der Waals surface area (Å²) in [5.41, 5.74) is 6.33. The molecule has 5 heteroatoms. The third-order valence-electron chi connectivity index (χ3n) is 3.75. The second kappa shape index (κ2) is 6.41. The quantitative estimate of drug-likeness (QED) is 0.876. The van der Waals surface area contributed by atoms with Crippen molar-refractivity contribution in [1.82, 2.24) is 4.90 Å². The molecule has 0 aromatic heterocycles. The Morgan fingerprint density at radius 3 is 2.80 bits per heavy atom.